The third kappa shape index (κ3) is 3.35. The number of carbonyl (C=O) groups is 1. The molecule has 2 aromatic carbocycles. The molecule has 1 aliphatic heterocycles. The molecule has 0 saturated carbocycles. The fourth-order valence-corrected chi connectivity index (χ4v) is 4.23. The molecule has 7 heteroatoms. The molecule has 0 aromatic heterocycles. The van der Waals surface area contributed by atoms with E-state index in [2.05, 4.69) is 9.71 Å². The minimum atomic E-state index is -3.60. The Bertz CT molecular complexity index is 997. The number of likely N-dealkylation sites (N-methyl/N-ethyl adjacent to an activating group) is 1. The first kappa shape index (κ1) is 18.1. The summed E-state index contributed by atoms with van der Waals surface area (Å²) in [6.07, 6.45) is 0. The third-order valence-corrected chi connectivity index (χ3v) is 5.70. The molecule has 0 aliphatic carbocycles. The van der Waals surface area contributed by atoms with Gasteiger partial charge >= 0.3 is 0 Å². The van der Waals surface area contributed by atoms with Crippen molar-refractivity contribution >= 4 is 27.5 Å². The summed E-state index contributed by atoms with van der Waals surface area (Å²) < 4.78 is 26.6. The van der Waals surface area contributed by atoms with E-state index >= 15 is 0 Å². The van der Waals surface area contributed by atoms with Crippen molar-refractivity contribution in [3.63, 3.8) is 0 Å². The maximum Gasteiger partial charge on any atom is 0.263 e. The van der Waals surface area contributed by atoms with E-state index in [1.807, 2.05) is 39.0 Å². The molecule has 0 atom stereocenters. The van der Waals surface area contributed by atoms with Crippen molar-refractivity contribution in [3.8, 4) is 0 Å². The van der Waals surface area contributed by atoms with Crippen LogP contribution in [0.3, 0.4) is 0 Å². The van der Waals surface area contributed by atoms with E-state index in [1.165, 1.54) is 6.07 Å². The Balaban J connectivity index is 1.86. The quantitative estimate of drug-likeness (QED) is 0.896. The summed E-state index contributed by atoms with van der Waals surface area (Å²) in [4.78, 5) is 18.8. The topological polar surface area (TPSA) is 78.8 Å². The molecular weight excluding hydrogens is 350 g/mol. The van der Waals surface area contributed by atoms with Gasteiger partial charge in [-0.3, -0.25) is 14.5 Å². The molecule has 26 heavy (non-hydrogen) atoms. The molecule has 1 aliphatic rings. The van der Waals surface area contributed by atoms with Crippen LogP contribution in [-0.4, -0.2) is 33.3 Å². The maximum atomic E-state index is 12.7. The van der Waals surface area contributed by atoms with Crippen molar-refractivity contribution in [2.45, 2.75) is 25.7 Å². The highest BCUT2D eigenvalue weighted by Gasteiger charge is 2.30. The number of rotatable bonds is 4. The van der Waals surface area contributed by atoms with Gasteiger partial charge in [0.15, 0.2) is 0 Å². The van der Waals surface area contributed by atoms with Gasteiger partial charge in [-0.05, 0) is 50.1 Å². The Kier molecular flexibility index (Phi) is 4.82. The molecule has 0 fully saturated rings. The zero-order chi connectivity index (χ0) is 18.9. The highest BCUT2D eigenvalue weighted by Crippen LogP contribution is 2.23. The summed E-state index contributed by atoms with van der Waals surface area (Å²) in [5.74, 6) is 0.0308. The van der Waals surface area contributed by atoms with Crippen LogP contribution in [0.1, 0.15) is 23.6 Å². The van der Waals surface area contributed by atoms with Crippen molar-refractivity contribution in [2.75, 3.05) is 18.0 Å². The Labute approximate surface area is 153 Å². The molecule has 0 bridgehead atoms. The molecule has 0 unspecified atom stereocenters. The number of anilines is 1. The molecular formula is C19H21N3O3S. The first-order valence-corrected chi connectivity index (χ1v) is 9.86. The molecule has 3 rings (SSSR count). The third-order valence-electron chi connectivity index (χ3n) is 4.31. The number of aliphatic imine (C=N–C) groups is 1. The number of hydrogen-bond donors (Lipinski definition) is 1. The van der Waals surface area contributed by atoms with Crippen molar-refractivity contribution in [1.29, 1.82) is 0 Å². The lowest BCUT2D eigenvalue weighted by Gasteiger charge is -2.22. The van der Waals surface area contributed by atoms with Gasteiger partial charge in [-0.25, -0.2) is 8.42 Å². The minimum absolute atomic E-state index is 0.132. The number of fused-ring (bicyclic) bond motifs is 1. The highest BCUT2D eigenvalue weighted by molar-refractivity contribution is 7.90. The summed E-state index contributed by atoms with van der Waals surface area (Å²) in [7, 11) is -3.60. The van der Waals surface area contributed by atoms with Gasteiger partial charge in [-0.15, -0.1) is 0 Å². The van der Waals surface area contributed by atoms with E-state index in [0.29, 0.717) is 12.1 Å². The second kappa shape index (κ2) is 6.92. The average molecular weight is 371 g/mol. The first-order valence-electron chi connectivity index (χ1n) is 8.38. The molecule has 6 nitrogen and oxygen atoms in total. The van der Waals surface area contributed by atoms with Gasteiger partial charge in [-0.2, -0.15) is 0 Å². The van der Waals surface area contributed by atoms with Gasteiger partial charge in [0.05, 0.1) is 4.90 Å². The molecule has 0 spiro atoms. The summed E-state index contributed by atoms with van der Waals surface area (Å²) >= 11 is 0. The van der Waals surface area contributed by atoms with E-state index < -0.39 is 10.0 Å². The second-order valence-corrected chi connectivity index (χ2v) is 7.85. The van der Waals surface area contributed by atoms with Gasteiger partial charge in [0.25, 0.3) is 10.0 Å². The number of sulfonamides is 1. The number of benzene rings is 2. The Morgan fingerprint density at radius 3 is 2.62 bits per heavy atom. The Morgan fingerprint density at radius 2 is 1.88 bits per heavy atom. The average Bonchev–Trinajstić information content (AvgIpc) is 2.88. The van der Waals surface area contributed by atoms with Crippen LogP contribution >= 0.6 is 0 Å². The lowest BCUT2D eigenvalue weighted by molar-refractivity contribution is -0.117. The van der Waals surface area contributed by atoms with Crippen LogP contribution in [0.2, 0.25) is 0 Å². The molecule has 0 radical (unpaired) electrons. The highest BCUT2D eigenvalue weighted by atomic mass is 32.2. The monoisotopic (exact) mass is 371 g/mol. The van der Waals surface area contributed by atoms with Crippen molar-refractivity contribution in [2.24, 2.45) is 4.99 Å². The van der Waals surface area contributed by atoms with Crippen LogP contribution in [0.5, 0.6) is 0 Å². The molecule has 1 heterocycles. The van der Waals surface area contributed by atoms with Crippen LogP contribution in [0.4, 0.5) is 5.69 Å². The van der Waals surface area contributed by atoms with Gasteiger partial charge < -0.3 is 4.90 Å². The molecule has 1 N–H and O–H groups in total. The van der Waals surface area contributed by atoms with Crippen molar-refractivity contribution in [1.82, 2.24) is 4.72 Å². The molecule has 2 aromatic rings. The van der Waals surface area contributed by atoms with Crippen LogP contribution in [0.15, 0.2) is 52.4 Å². The predicted octanol–water partition coefficient (Wildman–Crippen LogP) is 2.40. The number of amidine groups is 1. The first-order chi connectivity index (χ1) is 12.3. The summed E-state index contributed by atoms with van der Waals surface area (Å²) in [5.41, 5.74) is 3.42. The maximum absolute atomic E-state index is 12.7. The van der Waals surface area contributed by atoms with E-state index in [0.717, 1.165) is 16.8 Å². The molecule has 1 amide bonds. The fourth-order valence-electron chi connectivity index (χ4n) is 2.97. The summed E-state index contributed by atoms with van der Waals surface area (Å²) in [5, 5.41) is 0. The normalized spacial score (nSPS) is 16.2. The predicted molar refractivity (Wildman–Crippen MR) is 102 cm³/mol. The number of hydrogen-bond acceptors (Lipinski definition) is 4. The van der Waals surface area contributed by atoms with Gasteiger partial charge in [-0.1, -0.05) is 24.3 Å². The number of carbonyl (C=O) groups excluding carboxylic acids is 1. The van der Waals surface area contributed by atoms with Gasteiger partial charge in [0.1, 0.15) is 12.4 Å². The lowest BCUT2D eigenvalue weighted by Crippen LogP contribution is -2.34. The van der Waals surface area contributed by atoms with Crippen LogP contribution < -0.4 is 9.62 Å². The van der Waals surface area contributed by atoms with Crippen LogP contribution in [0.25, 0.3) is 0 Å². The summed E-state index contributed by atoms with van der Waals surface area (Å²) in [6.45, 7) is 6.22. The minimum Gasteiger partial charge on any atom is -0.311 e. The van der Waals surface area contributed by atoms with Crippen molar-refractivity contribution in [3.05, 3.63) is 59.2 Å². The van der Waals surface area contributed by atoms with E-state index in [4.69, 9.17) is 0 Å². The summed E-state index contributed by atoms with van der Waals surface area (Å²) in [6, 6.07) is 12.6. The largest absolute Gasteiger partial charge is 0.311 e. The van der Waals surface area contributed by atoms with E-state index in [9.17, 15) is 13.2 Å². The Morgan fingerprint density at radius 1 is 1.15 bits per heavy atom. The zero-order valence-corrected chi connectivity index (χ0v) is 15.8. The Hall–Kier alpha value is -2.67. The molecule has 136 valence electrons. The van der Waals surface area contributed by atoms with E-state index in [-0.39, 0.29) is 23.2 Å². The number of nitrogens with zero attached hydrogens (tertiary/aromatic N) is 2. The van der Waals surface area contributed by atoms with Crippen LogP contribution in [-0.2, 0) is 14.8 Å². The smallest absolute Gasteiger partial charge is 0.263 e. The number of nitrogens with one attached hydrogen (secondary N) is 1. The number of aryl methyl sites for hydroxylation is 2. The number of amides is 1. The SMILES string of the molecule is CCN(C(=O)CN=C1NS(=O)(=O)c2ccccc21)c1cc(C)ccc1C. The second-order valence-electron chi connectivity index (χ2n) is 6.19. The molecule has 0 saturated heterocycles. The van der Waals surface area contributed by atoms with E-state index in [1.54, 1.807) is 23.1 Å². The van der Waals surface area contributed by atoms with Crippen LogP contribution in [0, 0.1) is 13.8 Å². The lowest BCUT2D eigenvalue weighted by atomic mass is 10.1. The fraction of sp³-hybridized carbons (Fsp3) is 0.263. The van der Waals surface area contributed by atoms with Gasteiger partial charge in [0, 0.05) is 17.8 Å². The standard InChI is InChI=1S/C19H21N3O3S/c1-4-22(16-11-13(2)9-10-14(16)3)18(23)12-20-19-15-7-5-6-8-17(15)26(24,25)21-19/h5-11H,4,12H2,1-3H3,(H,20,21). The van der Waals surface area contributed by atoms with Gasteiger partial charge in [0.2, 0.25) is 5.91 Å². The van der Waals surface area contributed by atoms with Crippen molar-refractivity contribution < 1.29 is 13.2 Å². The zero-order valence-electron chi connectivity index (χ0n) is 15.0.